The van der Waals surface area contributed by atoms with E-state index in [9.17, 15) is 9.35 Å². The second-order valence-electron chi connectivity index (χ2n) is 5.69. The van der Waals surface area contributed by atoms with Crippen LogP contribution in [0.25, 0.3) is 22.2 Å². The van der Waals surface area contributed by atoms with Crippen molar-refractivity contribution in [2.45, 2.75) is 11.3 Å². The van der Waals surface area contributed by atoms with Gasteiger partial charge in [0.15, 0.2) is 4.90 Å². The Bertz CT molecular complexity index is 897. The molecule has 0 spiro atoms. The zero-order valence-corrected chi connectivity index (χ0v) is 13.5. The van der Waals surface area contributed by atoms with Crippen LogP contribution in [0.15, 0.2) is 47.4 Å². The van der Waals surface area contributed by atoms with Gasteiger partial charge in [-0.15, -0.1) is 0 Å². The maximum Gasteiger partial charge on any atom is 0.251 e. The zero-order chi connectivity index (χ0) is 16.0. The van der Waals surface area contributed by atoms with Crippen LogP contribution in [0.2, 0.25) is 0 Å². The van der Waals surface area contributed by atoms with E-state index in [4.69, 9.17) is 0 Å². The number of hydrogen-bond donors (Lipinski definition) is 2. The summed E-state index contributed by atoms with van der Waals surface area (Å²) in [6.45, 7) is 0.629. The Labute approximate surface area is 137 Å². The Kier molecular flexibility index (Phi) is 3.39. The van der Waals surface area contributed by atoms with Crippen LogP contribution in [0.4, 0.5) is 0 Å². The van der Waals surface area contributed by atoms with Crippen LogP contribution in [-0.4, -0.2) is 28.2 Å². The first-order valence-electron chi connectivity index (χ1n) is 7.51. The van der Waals surface area contributed by atoms with E-state index in [2.05, 4.69) is 10.3 Å². The number of nitrogens with one attached hydrogen (secondary N) is 2. The van der Waals surface area contributed by atoms with Gasteiger partial charge >= 0.3 is 0 Å². The monoisotopic (exact) mass is 324 g/mol. The van der Waals surface area contributed by atoms with Crippen molar-refractivity contribution in [2.24, 2.45) is 0 Å². The third kappa shape index (κ3) is 2.33. The minimum atomic E-state index is -0.980. The van der Waals surface area contributed by atoms with Crippen LogP contribution in [0.5, 0.6) is 0 Å². The Morgan fingerprint density at radius 3 is 2.65 bits per heavy atom. The van der Waals surface area contributed by atoms with Gasteiger partial charge in [-0.05, 0) is 65.1 Å². The van der Waals surface area contributed by atoms with E-state index < -0.39 is 11.2 Å². The summed E-state index contributed by atoms with van der Waals surface area (Å²) in [5.41, 5.74) is 4.96. The smallest absolute Gasteiger partial charge is 0.251 e. The van der Waals surface area contributed by atoms with Gasteiger partial charge in [-0.2, -0.15) is 0 Å². The number of hydrogen-bond acceptors (Lipinski definition) is 2. The van der Waals surface area contributed by atoms with Gasteiger partial charge in [0, 0.05) is 28.7 Å². The highest BCUT2D eigenvalue weighted by Crippen LogP contribution is 2.34. The molecule has 1 aliphatic rings. The molecule has 23 heavy (non-hydrogen) atoms. The fourth-order valence-electron chi connectivity index (χ4n) is 3.21. The van der Waals surface area contributed by atoms with Crippen molar-refractivity contribution in [3.8, 4) is 11.3 Å². The fraction of sp³-hybridized carbons (Fsp3) is 0.167. The van der Waals surface area contributed by atoms with Crippen LogP contribution in [0, 0.1) is 0 Å². The summed E-state index contributed by atoms with van der Waals surface area (Å²) in [6, 6.07) is 13.5. The highest BCUT2D eigenvalue weighted by atomic mass is 32.2. The van der Waals surface area contributed by atoms with E-state index in [0.29, 0.717) is 6.54 Å². The number of carbonyl (C=O) groups is 1. The molecule has 0 saturated heterocycles. The van der Waals surface area contributed by atoms with Crippen molar-refractivity contribution in [3.05, 3.63) is 53.6 Å². The lowest BCUT2D eigenvalue weighted by molar-refractivity contribution is 0.0957. The number of H-pyrrole nitrogens is 1. The van der Waals surface area contributed by atoms with E-state index in [1.165, 1.54) is 5.56 Å². The average Bonchev–Trinajstić information content (AvgIpc) is 2.84. The van der Waals surface area contributed by atoms with Gasteiger partial charge in [0.1, 0.15) is 6.26 Å². The Balaban J connectivity index is 1.92. The molecule has 1 aromatic heterocycles. The molecule has 1 amide bonds. The van der Waals surface area contributed by atoms with Crippen molar-refractivity contribution >= 4 is 28.0 Å². The standard InChI is InChI=1S/C18H16N2O2S/c1-23(22)12-7-5-11(6-8-12)17-13-9-10-19-18(21)14-3-2-4-15(20-17)16(13)14/h2-8,20H,9-10H2,1H3,(H,19,21). The maximum atomic E-state index is 12.2. The molecular formula is C18H16N2O2S. The van der Waals surface area contributed by atoms with Gasteiger partial charge in [-0.25, -0.2) is 0 Å². The summed E-state index contributed by atoms with van der Waals surface area (Å²) in [4.78, 5) is 16.5. The van der Waals surface area contributed by atoms with Gasteiger partial charge in [0.05, 0.1) is 0 Å². The average molecular weight is 324 g/mol. The molecule has 3 aromatic rings. The molecule has 2 heterocycles. The third-order valence-electron chi connectivity index (χ3n) is 4.31. The van der Waals surface area contributed by atoms with E-state index in [-0.39, 0.29) is 5.91 Å². The summed E-state index contributed by atoms with van der Waals surface area (Å²) in [7, 11) is 0. The largest absolute Gasteiger partial charge is 0.612 e. The highest BCUT2D eigenvalue weighted by molar-refractivity contribution is 7.90. The number of rotatable bonds is 2. The Hall–Kier alpha value is -2.24. The number of amides is 1. The molecule has 5 heteroatoms. The van der Waals surface area contributed by atoms with Crippen LogP contribution >= 0.6 is 0 Å². The van der Waals surface area contributed by atoms with Crippen molar-refractivity contribution < 1.29 is 9.35 Å². The van der Waals surface area contributed by atoms with E-state index in [0.717, 1.165) is 39.0 Å². The van der Waals surface area contributed by atoms with Crippen LogP contribution in [0.1, 0.15) is 15.9 Å². The van der Waals surface area contributed by atoms with E-state index in [1.807, 2.05) is 42.5 Å². The fourth-order valence-corrected chi connectivity index (χ4v) is 3.73. The minimum Gasteiger partial charge on any atom is -0.612 e. The maximum absolute atomic E-state index is 12.2. The molecule has 1 aliphatic heterocycles. The van der Waals surface area contributed by atoms with Crippen molar-refractivity contribution in [1.82, 2.24) is 10.3 Å². The summed E-state index contributed by atoms with van der Waals surface area (Å²) in [6.07, 6.45) is 2.47. The molecule has 1 atom stereocenters. The minimum absolute atomic E-state index is 0.0170. The molecule has 116 valence electrons. The zero-order valence-electron chi connectivity index (χ0n) is 12.7. The topological polar surface area (TPSA) is 67.9 Å². The highest BCUT2D eigenvalue weighted by Gasteiger charge is 2.22. The molecular weight excluding hydrogens is 308 g/mol. The van der Waals surface area contributed by atoms with Crippen molar-refractivity contribution in [3.63, 3.8) is 0 Å². The van der Waals surface area contributed by atoms with Gasteiger partial charge < -0.3 is 14.9 Å². The second kappa shape index (κ2) is 5.44. The van der Waals surface area contributed by atoms with Crippen molar-refractivity contribution in [2.75, 3.05) is 12.8 Å². The van der Waals surface area contributed by atoms with E-state index >= 15 is 0 Å². The lowest BCUT2D eigenvalue weighted by Crippen LogP contribution is -2.23. The molecule has 2 aromatic carbocycles. The van der Waals surface area contributed by atoms with Crippen LogP contribution in [0.3, 0.4) is 0 Å². The third-order valence-corrected chi connectivity index (χ3v) is 5.24. The normalized spacial score (nSPS) is 15.3. The summed E-state index contributed by atoms with van der Waals surface area (Å²) in [5, 5.41) is 3.96. The summed E-state index contributed by atoms with van der Waals surface area (Å²) in [5.74, 6) is -0.0170. The summed E-state index contributed by atoms with van der Waals surface area (Å²) < 4.78 is 11.6. The molecule has 1 unspecified atom stereocenters. The summed E-state index contributed by atoms with van der Waals surface area (Å²) >= 11 is -0.980. The number of benzene rings is 2. The Morgan fingerprint density at radius 2 is 1.91 bits per heavy atom. The number of carbonyl (C=O) groups excluding carboxylic acids is 1. The Morgan fingerprint density at radius 1 is 1.13 bits per heavy atom. The molecule has 0 saturated carbocycles. The second-order valence-corrected chi connectivity index (χ2v) is 7.07. The molecule has 0 bridgehead atoms. The van der Waals surface area contributed by atoms with Gasteiger partial charge in [-0.1, -0.05) is 6.07 Å². The quantitative estimate of drug-likeness (QED) is 0.712. The van der Waals surface area contributed by atoms with Gasteiger partial charge in [0.2, 0.25) is 0 Å². The molecule has 0 radical (unpaired) electrons. The van der Waals surface area contributed by atoms with Gasteiger partial charge in [0.25, 0.3) is 5.91 Å². The van der Waals surface area contributed by atoms with Gasteiger partial charge in [-0.3, -0.25) is 4.79 Å². The number of aromatic amines is 1. The molecule has 4 nitrogen and oxygen atoms in total. The molecule has 4 rings (SSSR count). The lowest BCUT2D eigenvalue weighted by atomic mass is 10.0. The van der Waals surface area contributed by atoms with Crippen LogP contribution in [-0.2, 0) is 17.6 Å². The predicted octanol–water partition coefficient (Wildman–Crippen LogP) is 2.86. The molecule has 0 fully saturated rings. The molecule has 0 aliphatic carbocycles. The first-order valence-corrected chi connectivity index (χ1v) is 9.06. The lowest BCUT2D eigenvalue weighted by Gasteiger charge is -2.07. The van der Waals surface area contributed by atoms with E-state index in [1.54, 1.807) is 6.26 Å². The number of aromatic nitrogens is 1. The first-order chi connectivity index (χ1) is 11.1. The predicted molar refractivity (Wildman–Crippen MR) is 92.1 cm³/mol. The first kappa shape index (κ1) is 14.4. The SMILES string of the molecule is C[S+]([O-])c1ccc(-c2[nH]c3cccc4c3c2CCNC4=O)cc1. The van der Waals surface area contributed by atoms with Crippen molar-refractivity contribution in [1.29, 1.82) is 0 Å². The molecule has 2 N–H and O–H groups in total. The van der Waals surface area contributed by atoms with Crippen LogP contribution < -0.4 is 5.32 Å².